The second-order valence-electron chi connectivity index (χ2n) is 9.09. The van der Waals surface area contributed by atoms with Crippen LogP contribution >= 0.6 is 11.6 Å². The summed E-state index contributed by atoms with van der Waals surface area (Å²) < 4.78 is 26.7. The van der Waals surface area contributed by atoms with E-state index in [2.05, 4.69) is 27.3 Å². The van der Waals surface area contributed by atoms with Gasteiger partial charge in [-0.2, -0.15) is 0 Å². The topological polar surface area (TPSA) is 48.5 Å². The number of urea groups is 1. The summed E-state index contributed by atoms with van der Waals surface area (Å²) in [7, 11) is 0. The normalized spacial score (nSPS) is 19.6. The van der Waals surface area contributed by atoms with Gasteiger partial charge in [0.25, 0.3) is 0 Å². The van der Waals surface area contributed by atoms with Crippen molar-refractivity contribution in [3.63, 3.8) is 0 Å². The minimum absolute atomic E-state index is 0.0447. The average molecular weight is 483 g/mol. The fourth-order valence-electron chi connectivity index (χ4n) is 5.31. The number of aromatic nitrogens is 1. The molecule has 1 aromatic heterocycles. The molecule has 0 radical (unpaired) electrons. The number of hydrogen-bond acceptors (Lipinski definition) is 3. The highest BCUT2D eigenvalue weighted by Crippen LogP contribution is 2.55. The Morgan fingerprint density at radius 3 is 2.59 bits per heavy atom. The molecule has 5 rings (SSSR count). The first kappa shape index (κ1) is 22.7. The standard InChI is InChI=1S/C26H25ClF2N4O/c27-21-6-2-1-4-19(21)16-33-17-26(24(33)18-5-3-11-30-15-18)9-12-32(13-10-26)25(34)31-20-7-8-22(28)23(29)14-20/h1-8,11,14-15,24H,9-10,12-13,16-17H2,(H,31,34). The maximum Gasteiger partial charge on any atom is 0.321 e. The SMILES string of the molecule is O=C(Nc1ccc(F)c(F)c1)N1CCC2(CC1)CN(Cc1ccccc1Cl)C2c1cccnc1. The zero-order chi connectivity index (χ0) is 23.7. The minimum Gasteiger partial charge on any atom is -0.324 e. The third-order valence-electron chi connectivity index (χ3n) is 7.01. The van der Waals surface area contributed by atoms with Crippen molar-refractivity contribution >= 4 is 23.3 Å². The van der Waals surface area contributed by atoms with E-state index in [1.54, 1.807) is 11.1 Å². The van der Waals surface area contributed by atoms with Crippen molar-refractivity contribution in [3.05, 3.63) is 94.8 Å². The Bertz CT molecular complexity index is 1180. The predicted molar refractivity (Wildman–Crippen MR) is 127 cm³/mol. The van der Waals surface area contributed by atoms with E-state index in [0.717, 1.165) is 48.6 Å². The van der Waals surface area contributed by atoms with Crippen LogP contribution in [0.15, 0.2) is 67.0 Å². The molecule has 1 spiro atoms. The Morgan fingerprint density at radius 2 is 1.88 bits per heavy atom. The Balaban J connectivity index is 1.28. The Labute approximate surface area is 202 Å². The molecule has 8 heteroatoms. The van der Waals surface area contributed by atoms with Gasteiger partial charge in [0.05, 0.1) is 0 Å². The fourth-order valence-corrected chi connectivity index (χ4v) is 5.51. The number of anilines is 1. The van der Waals surface area contributed by atoms with Crippen LogP contribution in [0.25, 0.3) is 0 Å². The van der Waals surface area contributed by atoms with Crippen LogP contribution < -0.4 is 5.32 Å². The van der Waals surface area contributed by atoms with Crippen molar-refractivity contribution in [3.8, 4) is 0 Å². The van der Waals surface area contributed by atoms with Gasteiger partial charge >= 0.3 is 6.03 Å². The predicted octanol–water partition coefficient (Wildman–Crippen LogP) is 5.88. The van der Waals surface area contributed by atoms with Crippen LogP contribution in [0.1, 0.15) is 30.0 Å². The number of pyridine rings is 1. The number of nitrogens with one attached hydrogen (secondary N) is 1. The molecule has 34 heavy (non-hydrogen) atoms. The molecular weight excluding hydrogens is 458 g/mol. The van der Waals surface area contributed by atoms with Crippen LogP contribution in [-0.2, 0) is 6.54 Å². The monoisotopic (exact) mass is 482 g/mol. The number of rotatable bonds is 4. The number of carbonyl (C=O) groups is 1. The lowest BCUT2D eigenvalue weighted by Crippen LogP contribution is -2.62. The number of carbonyl (C=O) groups excluding carboxylic acids is 1. The van der Waals surface area contributed by atoms with Crippen LogP contribution in [-0.4, -0.2) is 40.4 Å². The number of hydrogen-bond donors (Lipinski definition) is 1. The molecule has 2 saturated heterocycles. The quantitative estimate of drug-likeness (QED) is 0.505. The summed E-state index contributed by atoms with van der Waals surface area (Å²) in [5, 5.41) is 3.44. The molecule has 3 aromatic rings. The fraction of sp³-hybridized carbons (Fsp3) is 0.308. The average Bonchev–Trinajstić information content (AvgIpc) is 2.83. The minimum atomic E-state index is -0.984. The molecule has 1 N–H and O–H groups in total. The number of piperidine rings is 1. The highest BCUT2D eigenvalue weighted by molar-refractivity contribution is 6.31. The molecule has 2 fully saturated rings. The summed E-state index contributed by atoms with van der Waals surface area (Å²) in [6.45, 7) is 2.84. The molecule has 1 atom stereocenters. The molecule has 2 aliphatic heterocycles. The van der Waals surface area contributed by atoms with Gasteiger partial charge in [-0.25, -0.2) is 13.6 Å². The van der Waals surface area contributed by atoms with Crippen molar-refractivity contribution in [2.45, 2.75) is 25.4 Å². The third kappa shape index (κ3) is 4.38. The van der Waals surface area contributed by atoms with Crippen LogP contribution in [0.2, 0.25) is 5.02 Å². The van der Waals surface area contributed by atoms with Gasteiger partial charge in [0.15, 0.2) is 11.6 Å². The molecule has 1 unspecified atom stereocenters. The van der Waals surface area contributed by atoms with Crippen molar-refractivity contribution < 1.29 is 13.6 Å². The van der Waals surface area contributed by atoms with E-state index in [4.69, 9.17) is 11.6 Å². The zero-order valence-electron chi connectivity index (χ0n) is 18.6. The van der Waals surface area contributed by atoms with Gasteiger partial charge in [0, 0.05) is 66.8 Å². The maximum absolute atomic E-state index is 13.5. The Hall–Kier alpha value is -3.03. The first-order valence-corrected chi connectivity index (χ1v) is 11.7. The van der Waals surface area contributed by atoms with E-state index in [1.807, 2.05) is 30.5 Å². The van der Waals surface area contributed by atoms with Gasteiger partial charge in [0.2, 0.25) is 0 Å². The van der Waals surface area contributed by atoms with Crippen LogP contribution in [0.5, 0.6) is 0 Å². The van der Waals surface area contributed by atoms with Gasteiger partial charge in [-0.15, -0.1) is 0 Å². The van der Waals surface area contributed by atoms with E-state index in [1.165, 1.54) is 11.6 Å². The smallest absolute Gasteiger partial charge is 0.321 e. The highest BCUT2D eigenvalue weighted by atomic mass is 35.5. The maximum atomic E-state index is 13.5. The second-order valence-corrected chi connectivity index (χ2v) is 9.50. The van der Waals surface area contributed by atoms with Crippen LogP contribution in [0, 0.1) is 17.0 Å². The van der Waals surface area contributed by atoms with Crippen molar-refractivity contribution in [2.24, 2.45) is 5.41 Å². The molecular formula is C26H25ClF2N4O. The van der Waals surface area contributed by atoms with Gasteiger partial charge in [-0.05, 0) is 48.2 Å². The lowest BCUT2D eigenvalue weighted by molar-refractivity contribution is -0.112. The summed E-state index contributed by atoms with van der Waals surface area (Å²) in [4.78, 5) is 21.2. The summed E-state index contributed by atoms with van der Waals surface area (Å²) in [6, 6.07) is 15.2. The number of benzene rings is 2. The molecule has 0 saturated carbocycles. The number of likely N-dealkylation sites (tertiary alicyclic amines) is 2. The number of nitrogens with zero attached hydrogens (tertiary/aromatic N) is 3. The first-order chi connectivity index (χ1) is 16.4. The van der Waals surface area contributed by atoms with Crippen molar-refractivity contribution in [2.75, 3.05) is 25.0 Å². The molecule has 176 valence electrons. The summed E-state index contributed by atoms with van der Waals surface area (Å²) >= 11 is 6.42. The lowest BCUT2D eigenvalue weighted by atomic mass is 9.63. The zero-order valence-corrected chi connectivity index (χ0v) is 19.3. The molecule has 2 aliphatic rings. The molecule has 5 nitrogen and oxygen atoms in total. The summed E-state index contributed by atoms with van der Waals surface area (Å²) in [6.07, 6.45) is 5.39. The van der Waals surface area contributed by atoms with Crippen LogP contribution in [0.4, 0.5) is 19.3 Å². The highest BCUT2D eigenvalue weighted by Gasteiger charge is 2.54. The van der Waals surface area contributed by atoms with Crippen molar-refractivity contribution in [1.29, 1.82) is 0 Å². The first-order valence-electron chi connectivity index (χ1n) is 11.3. The van der Waals surface area contributed by atoms with Gasteiger partial charge < -0.3 is 10.2 Å². The number of amides is 2. The molecule has 3 heterocycles. The largest absolute Gasteiger partial charge is 0.324 e. The molecule has 0 aliphatic carbocycles. The number of halogens is 3. The van der Waals surface area contributed by atoms with E-state index in [0.29, 0.717) is 13.1 Å². The van der Waals surface area contributed by atoms with Gasteiger partial charge in [-0.1, -0.05) is 35.9 Å². The second kappa shape index (κ2) is 9.31. The van der Waals surface area contributed by atoms with Crippen LogP contribution in [0.3, 0.4) is 0 Å². The van der Waals surface area contributed by atoms with Crippen molar-refractivity contribution in [1.82, 2.24) is 14.8 Å². The molecule has 2 aromatic carbocycles. The Morgan fingerprint density at radius 1 is 1.09 bits per heavy atom. The van der Waals surface area contributed by atoms with E-state index >= 15 is 0 Å². The summed E-state index contributed by atoms with van der Waals surface area (Å²) in [5.74, 6) is -1.92. The Kier molecular flexibility index (Phi) is 6.23. The van der Waals surface area contributed by atoms with Gasteiger partial charge in [0.1, 0.15) is 0 Å². The third-order valence-corrected chi connectivity index (χ3v) is 7.38. The summed E-state index contributed by atoms with van der Waals surface area (Å²) in [5.41, 5.74) is 2.55. The van der Waals surface area contributed by atoms with E-state index in [-0.39, 0.29) is 23.2 Å². The van der Waals surface area contributed by atoms with E-state index < -0.39 is 11.6 Å². The molecule has 2 amide bonds. The van der Waals surface area contributed by atoms with E-state index in [9.17, 15) is 13.6 Å². The molecule has 0 bridgehead atoms. The van der Waals surface area contributed by atoms with Gasteiger partial charge in [-0.3, -0.25) is 9.88 Å². The lowest BCUT2D eigenvalue weighted by Gasteiger charge is -2.60.